The molecule has 0 amide bonds. The number of aldehydes is 1. The molecule has 0 heterocycles. The molecule has 4 nitrogen and oxygen atoms in total. The van der Waals surface area contributed by atoms with Crippen LogP contribution in [0.4, 0.5) is 0 Å². The van der Waals surface area contributed by atoms with E-state index in [1.807, 2.05) is 6.92 Å². The Morgan fingerprint density at radius 3 is 2.26 bits per heavy atom. The molecule has 0 bridgehead atoms. The predicted molar refractivity (Wildman–Crippen MR) is 133 cm³/mol. The fraction of sp³-hybridized carbons (Fsp3) is 0.867. The molecule has 0 aromatic carbocycles. The summed E-state index contributed by atoms with van der Waals surface area (Å²) >= 11 is 0. The van der Waals surface area contributed by atoms with Crippen LogP contribution in [-0.2, 0) is 9.59 Å². The largest absolute Gasteiger partial charge is 0.481 e. The molecule has 0 aliphatic heterocycles. The zero-order valence-corrected chi connectivity index (χ0v) is 22.2. The molecule has 0 radical (unpaired) electrons. The molecular formula is C30H46O4. The summed E-state index contributed by atoms with van der Waals surface area (Å²) in [7, 11) is 0. The first kappa shape index (κ1) is 24.5. The standard InChI is InChI=1S/C30H46O4/c1-25(2)13-14-26(3)15-16-30(24(33)34)19(20(26)17-25)7-8-22-27(4)11-10-23(32)28(5,18-31)21(27)9-12-29(22,30)6/h7,18,20-23,32H,8-17H2,1-6H3,(H,33,34)/t20?,21?,22?,23-,26-,27+,28+,29-,30-/m1/s1. The number of carbonyl (C=O) groups excluding carboxylic acids is 1. The van der Waals surface area contributed by atoms with Crippen LogP contribution in [0.25, 0.3) is 0 Å². The lowest BCUT2D eigenvalue weighted by Gasteiger charge is -2.70. The molecule has 0 saturated heterocycles. The third kappa shape index (κ3) is 2.81. The van der Waals surface area contributed by atoms with E-state index in [0.29, 0.717) is 12.3 Å². The van der Waals surface area contributed by atoms with E-state index in [0.717, 1.165) is 51.2 Å². The summed E-state index contributed by atoms with van der Waals surface area (Å²) in [5, 5.41) is 21.9. The highest BCUT2D eigenvalue weighted by Crippen LogP contribution is 2.75. The van der Waals surface area contributed by atoms with Gasteiger partial charge in [0, 0.05) is 0 Å². The average Bonchev–Trinajstić information content (AvgIpc) is 2.76. The van der Waals surface area contributed by atoms with E-state index in [1.54, 1.807) is 0 Å². The molecule has 0 aromatic heterocycles. The van der Waals surface area contributed by atoms with Crippen LogP contribution in [0.5, 0.6) is 0 Å². The maximum absolute atomic E-state index is 13.5. The number of aliphatic carboxylic acids is 1. The molecule has 3 unspecified atom stereocenters. The Morgan fingerprint density at radius 1 is 0.941 bits per heavy atom. The number of hydrogen-bond donors (Lipinski definition) is 2. The fourth-order valence-electron chi connectivity index (χ4n) is 10.5. The summed E-state index contributed by atoms with van der Waals surface area (Å²) in [6.07, 6.45) is 12.1. The van der Waals surface area contributed by atoms with Crippen molar-refractivity contribution in [3.8, 4) is 0 Å². The number of fused-ring (bicyclic) bond motifs is 7. The van der Waals surface area contributed by atoms with E-state index in [2.05, 4.69) is 40.7 Å². The number of rotatable bonds is 2. The first-order valence-corrected chi connectivity index (χ1v) is 13.8. The second-order valence-electron chi connectivity index (χ2n) is 14.8. The van der Waals surface area contributed by atoms with E-state index in [4.69, 9.17) is 0 Å². The molecule has 4 saturated carbocycles. The zero-order chi connectivity index (χ0) is 24.9. The van der Waals surface area contributed by atoms with Gasteiger partial charge in [-0.2, -0.15) is 0 Å². The molecule has 4 heteroatoms. The summed E-state index contributed by atoms with van der Waals surface area (Å²) in [5.41, 5.74) is -0.323. The van der Waals surface area contributed by atoms with Gasteiger partial charge in [-0.3, -0.25) is 4.79 Å². The SMILES string of the molecule is CC1(C)CC[C@]2(C)CC[C@]3(C(=O)O)C(=CCC4[C@@]5(C)CC[C@@H](O)[C@@](C)(C=O)C5CC[C@]43C)C2C1. The van der Waals surface area contributed by atoms with Crippen LogP contribution in [0.3, 0.4) is 0 Å². The topological polar surface area (TPSA) is 74.6 Å². The minimum Gasteiger partial charge on any atom is -0.481 e. The van der Waals surface area contributed by atoms with Gasteiger partial charge >= 0.3 is 5.97 Å². The van der Waals surface area contributed by atoms with E-state index >= 15 is 0 Å². The van der Waals surface area contributed by atoms with Crippen molar-refractivity contribution in [2.75, 3.05) is 0 Å². The number of aliphatic hydroxyl groups is 1. The monoisotopic (exact) mass is 470 g/mol. The summed E-state index contributed by atoms with van der Waals surface area (Å²) < 4.78 is 0. The molecule has 5 aliphatic rings. The molecule has 5 aliphatic carbocycles. The van der Waals surface area contributed by atoms with Gasteiger partial charge in [0.2, 0.25) is 0 Å². The minimum absolute atomic E-state index is 0.0996. The van der Waals surface area contributed by atoms with Gasteiger partial charge in [0.25, 0.3) is 0 Å². The molecule has 34 heavy (non-hydrogen) atoms. The van der Waals surface area contributed by atoms with Gasteiger partial charge in [-0.15, -0.1) is 0 Å². The lowest BCUT2D eigenvalue weighted by molar-refractivity contribution is -0.213. The maximum atomic E-state index is 13.5. The second kappa shape index (κ2) is 7.20. The highest BCUT2D eigenvalue weighted by molar-refractivity contribution is 5.81. The smallest absolute Gasteiger partial charge is 0.314 e. The quantitative estimate of drug-likeness (QED) is 0.361. The third-order valence-electron chi connectivity index (χ3n) is 12.8. The van der Waals surface area contributed by atoms with Crippen LogP contribution >= 0.6 is 0 Å². The number of allylic oxidation sites excluding steroid dienone is 1. The predicted octanol–water partition coefficient (Wildman–Crippen LogP) is 6.41. The van der Waals surface area contributed by atoms with Crippen LogP contribution in [-0.4, -0.2) is 28.6 Å². The molecule has 0 spiro atoms. The molecule has 2 N–H and O–H groups in total. The van der Waals surface area contributed by atoms with Crippen molar-refractivity contribution in [2.45, 2.75) is 112 Å². The molecule has 9 atom stereocenters. The second-order valence-corrected chi connectivity index (χ2v) is 14.8. The highest BCUT2D eigenvalue weighted by Gasteiger charge is 2.72. The normalized spacial score (nSPS) is 53.9. The molecule has 190 valence electrons. The van der Waals surface area contributed by atoms with Crippen molar-refractivity contribution >= 4 is 12.3 Å². The van der Waals surface area contributed by atoms with Crippen molar-refractivity contribution in [2.24, 2.45) is 50.2 Å². The lowest BCUT2D eigenvalue weighted by Crippen LogP contribution is -2.67. The summed E-state index contributed by atoms with van der Waals surface area (Å²) in [5.74, 6) is 0.0409. The Bertz CT molecular complexity index is 936. The molecule has 4 fully saturated rings. The van der Waals surface area contributed by atoms with E-state index in [1.165, 1.54) is 18.4 Å². The van der Waals surface area contributed by atoms with Gasteiger partial charge in [-0.25, -0.2) is 0 Å². The van der Waals surface area contributed by atoms with E-state index < -0.39 is 22.9 Å². The summed E-state index contributed by atoms with van der Waals surface area (Å²) in [4.78, 5) is 25.8. The number of carbonyl (C=O) groups is 2. The first-order chi connectivity index (χ1) is 15.7. The third-order valence-corrected chi connectivity index (χ3v) is 12.8. The van der Waals surface area contributed by atoms with Gasteiger partial charge in [-0.05, 0) is 104 Å². The van der Waals surface area contributed by atoms with Crippen molar-refractivity contribution < 1.29 is 19.8 Å². The zero-order valence-electron chi connectivity index (χ0n) is 22.2. The number of carboxylic acids is 1. The van der Waals surface area contributed by atoms with Crippen LogP contribution in [0, 0.1) is 50.2 Å². The first-order valence-electron chi connectivity index (χ1n) is 13.8. The van der Waals surface area contributed by atoms with Gasteiger partial charge in [-0.1, -0.05) is 53.2 Å². The van der Waals surface area contributed by atoms with Gasteiger partial charge in [0.05, 0.1) is 16.9 Å². The van der Waals surface area contributed by atoms with Crippen molar-refractivity contribution in [1.82, 2.24) is 0 Å². The average molecular weight is 471 g/mol. The van der Waals surface area contributed by atoms with Crippen molar-refractivity contribution in [1.29, 1.82) is 0 Å². The van der Waals surface area contributed by atoms with Crippen molar-refractivity contribution in [3.63, 3.8) is 0 Å². The van der Waals surface area contributed by atoms with Crippen LogP contribution < -0.4 is 0 Å². The van der Waals surface area contributed by atoms with Gasteiger partial charge < -0.3 is 15.0 Å². The van der Waals surface area contributed by atoms with Gasteiger partial charge in [0.1, 0.15) is 6.29 Å². The van der Waals surface area contributed by atoms with Crippen LogP contribution in [0.1, 0.15) is 106 Å². The highest BCUT2D eigenvalue weighted by atomic mass is 16.4. The van der Waals surface area contributed by atoms with Crippen LogP contribution in [0.15, 0.2) is 11.6 Å². The minimum atomic E-state index is -0.810. The van der Waals surface area contributed by atoms with E-state index in [9.17, 15) is 19.8 Å². The Kier molecular flexibility index (Phi) is 5.20. The number of carboxylic acid groups (broad SMARTS) is 1. The van der Waals surface area contributed by atoms with E-state index in [-0.39, 0.29) is 33.5 Å². The summed E-state index contributed by atoms with van der Waals surface area (Å²) in [6, 6.07) is 0. The Morgan fingerprint density at radius 2 is 1.62 bits per heavy atom. The van der Waals surface area contributed by atoms with Crippen LogP contribution in [0.2, 0.25) is 0 Å². The Labute approximate surface area is 206 Å². The maximum Gasteiger partial charge on any atom is 0.314 e. The number of aliphatic hydroxyl groups excluding tert-OH is 1. The van der Waals surface area contributed by atoms with Gasteiger partial charge in [0.15, 0.2) is 0 Å². The Balaban J connectivity index is 1.65. The number of hydrogen-bond acceptors (Lipinski definition) is 3. The molecule has 5 rings (SSSR count). The summed E-state index contributed by atoms with van der Waals surface area (Å²) in [6.45, 7) is 13.7. The molecular weight excluding hydrogens is 424 g/mol. The Hall–Kier alpha value is -1.16. The fourth-order valence-corrected chi connectivity index (χ4v) is 10.5. The van der Waals surface area contributed by atoms with Crippen molar-refractivity contribution in [3.05, 3.63) is 11.6 Å². The lowest BCUT2D eigenvalue weighted by atomic mass is 9.33. The molecule has 0 aromatic rings.